The third kappa shape index (κ3) is 3.37. The van der Waals surface area contributed by atoms with Gasteiger partial charge in [-0.3, -0.25) is 0 Å². The molecule has 2 nitrogen and oxygen atoms in total. The van der Waals surface area contributed by atoms with Gasteiger partial charge in [0.05, 0.1) is 0 Å². The topological polar surface area (TPSA) is 17.0 Å². The molecule has 2 aromatic carbocycles. The Morgan fingerprint density at radius 1 is 0.952 bits per heavy atom. The van der Waals surface area contributed by atoms with Crippen LogP contribution in [0.5, 0.6) is 0 Å². The maximum Gasteiger partial charge on any atom is 0.0485 e. The molecule has 1 aromatic heterocycles. The first-order chi connectivity index (χ1) is 10.2. The quantitative estimate of drug-likeness (QED) is 0.671. The minimum atomic E-state index is 0.262. The molecule has 21 heavy (non-hydrogen) atoms. The summed E-state index contributed by atoms with van der Waals surface area (Å²) in [5.41, 5.74) is 3.55. The molecule has 0 bridgehead atoms. The lowest BCUT2D eigenvalue weighted by Gasteiger charge is -2.16. The van der Waals surface area contributed by atoms with Gasteiger partial charge in [-0.1, -0.05) is 34.1 Å². The van der Waals surface area contributed by atoms with E-state index < -0.39 is 0 Å². The average molecular weight is 341 g/mol. The normalized spacial score (nSPS) is 12.1. The van der Waals surface area contributed by atoms with Crippen molar-refractivity contribution in [2.45, 2.75) is 13.0 Å². The first-order valence-electron chi connectivity index (χ1n) is 6.98. The molecule has 0 radical (unpaired) electrons. The minimum absolute atomic E-state index is 0.262. The Balaban J connectivity index is 1.78. The smallest absolute Gasteiger partial charge is 0.0485 e. The zero-order valence-electron chi connectivity index (χ0n) is 11.8. The van der Waals surface area contributed by atoms with Crippen LogP contribution in [0, 0.1) is 0 Å². The van der Waals surface area contributed by atoms with Crippen LogP contribution in [0.15, 0.2) is 77.5 Å². The van der Waals surface area contributed by atoms with Gasteiger partial charge in [0.1, 0.15) is 0 Å². The molecular formula is C18H17BrN2. The number of aromatic nitrogens is 1. The van der Waals surface area contributed by atoms with Gasteiger partial charge < -0.3 is 9.88 Å². The van der Waals surface area contributed by atoms with Gasteiger partial charge in [0.15, 0.2) is 0 Å². The van der Waals surface area contributed by atoms with E-state index in [1.54, 1.807) is 0 Å². The van der Waals surface area contributed by atoms with Crippen molar-refractivity contribution in [2.75, 3.05) is 5.32 Å². The largest absolute Gasteiger partial charge is 0.378 e. The number of hydrogen-bond acceptors (Lipinski definition) is 1. The van der Waals surface area contributed by atoms with E-state index in [0.29, 0.717) is 0 Å². The molecule has 1 heterocycles. The fourth-order valence-electron chi connectivity index (χ4n) is 2.35. The molecule has 0 aliphatic rings. The summed E-state index contributed by atoms with van der Waals surface area (Å²) >= 11 is 3.47. The van der Waals surface area contributed by atoms with E-state index in [1.165, 1.54) is 5.56 Å². The fourth-order valence-corrected chi connectivity index (χ4v) is 2.61. The molecule has 3 rings (SSSR count). The highest BCUT2D eigenvalue weighted by Crippen LogP contribution is 2.22. The number of nitrogens with one attached hydrogen (secondary N) is 1. The number of halogens is 1. The fraction of sp³-hybridized carbons (Fsp3) is 0.111. The van der Waals surface area contributed by atoms with Gasteiger partial charge >= 0.3 is 0 Å². The number of anilines is 1. The predicted molar refractivity (Wildman–Crippen MR) is 91.9 cm³/mol. The Kier molecular flexibility index (Phi) is 4.11. The monoisotopic (exact) mass is 340 g/mol. The van der Waals surface area contributed by atoms with Crippen LogP contribution in [0.25, 0.3) is 5.69 Å². The lowest BCUT2D eigenvalue weighted by Crippen LogP contribution is -2.06. The van der Waals surface area contributed by atoms with Crippen molar-refractivity contribution in [1.29, 1.82) is 0 Å². The number of benzene rings is 2. The Labute approximate surface area is 133 Å². The highest BCUT2D eigenvalue weighted by atomic mass is 79.9. The zero-order chi connectivity index (χ0) is 14.7. The van der Waals surface area contributed by atoms with Gasteiger partial charge in [-0.2, -0.15) is 0 Å². The van der Waals surface area contributed by atoms with Gasteiger partial charge in [0.2, 0.25) is 0 Å². The predicted octanol–water partition coefficient (Wildman–Crippen LogP) is 5.41. The molecule has 106 valence electrons. The van der Waals surface area contributed by atoms with Crippen LogP contribution in [0.2, 0.25) is 0 Å². The Morgan fingerprint density at radius 3 is 2.38 bits per heavy atom. The molecule has 3 heteroatoms. The van der Waals surface area contributed by atoms with Gasteiger partial charge in [-0.25, -0.2) is 0 Å². The molecular weight excluding hydrogens is 324 g/mol. The van der Waals surface area contributed by atoms with Gasteiger partial charge in [0, 0.05) is 34.3 Å². The Morgan fingerprint density at radius 2 is 1.67 bits per heavy atom. The van der Waals surface area contributed by atoms with Crippen molar-refractivity contribution in [3.8, 4) is 5.69 Å². The molecule has 0 spiro atoms. The number of hydrogen-bond donors (Lipinski definition) is 1. The lowest BCUT2D eigenvalue weighted by molar-refractivity contribution is 0.883. The summed E-state index contributed by atoms with van der Waals surface area (Å²) < 4.78 is 3.21. The summed E-state index contributed by atoms with van der Waals surface area (Å²) in [5, 5.41) is 3.55. The average Bonchev–Trinajstić information content (AvgIpc) is 3.02. The third-order valence-electron chi connectivity index (χ3n) is 3.50. The van der Waals surface area contributed by atoms with Crippen molar-refractivity contribution in [1.82, 2.24) is 4.57 Å². The molecule has 0 amide bonds. The third-order valence-corrected chi connectivity index (χ3v) is 4.03. The first kappa shape index (κ1) is 14.0. The second-order valence-corrected chi connectivity index (χ2v) is 5.97. The van der Waals surface area contributed by atoms with Crippen LogP contribution in [0.1, 0.15) is 18.5 Å². The molecule has 0 saturated heterocycles. The first-order valence-corrected chi connectivity index (χ1v) is 7.77. The summed E-state index contributed by atoms with van der Waals surface area (Å²) in [5.74, 6) is 0. The molecule has 1 unspecified atom stereocenters. The molecule has 1 N–H and O–H groups in total. The van der Waals surface area contributed by atoms with Crippen LogP contribution in [0.4, 0.5) is 5.69 Å². The zero-order valence-corrected chi connectivity index (χ0v) is 13.4. The molecule has 1 atom stereocenters. The van der Waals surface area contributed by atoms with Gasteiger partial charge in [0.25, 0.3) is 0 Å². The maximum absolute atomic E-state index is 3.55. The second-order valence-electron chi connectivity index (χ2n) is 5.06. The minimum Gasteiger partial charge on any atom is -0.378 e. The summed E-state index contributed by atoms with van der Waals surface area (Å²) in [6.07, 6.45) is 4.11. The van der Waals surface area contributed by atoms with Crippen molar-refractivity contribution in [3.05, 3.63) is 83.1 Å². The Bertz CT molecular complexity index is 702. The van der Waals surface area contributed by atoms with E-state index in [0.717, 1.165) is 15.8 Å². The van der Waals surface area contributed by atoms with Crippen LogP contribution < -0.4 is 5.32 Å². The lowest BCUT2D eigenvalue weighted by atomic mass is 10.1. The molecule has 0 fully saturated rings. The van der Waals surface area contributed by atoms with E-state index in [4.69, 9.17) is 0 Å². The van der Waals surface area contributed by atoms with Crippen LogP contribution in [0.3, 0.4) is 0 Å². The number of rotatable bonds is 4. The van der Waals surface area contributed by atoms with Crippen molar-refractivity contribution in [3.63, 3.8) is 0 Å². The van der Waals surface area contributed by atoms with Crippen LogP contribution in [-0.4, -0.2) is 4.57 Å². The highest BCUT2D eigenvalue weighted by molar-refractivity contribution is 9.10. The van der Waals surface area contributed by atoms with E-state index in [9.17, 15) is 0 Å². The summed E-state index contributed by atoms with van der Waals surface area (Å²) in [6, 6.07) is 21.2. The molecule has 0 aliphatic carbocycles. The van der Waals surface area contributed by atoms with Gasteiger partial charge in [-0.05, 0) is 55.0 Å². The maximum atomic E-state index is 3.55. The highest BCUT2D eigenvalue weighted by Gasteiger charge is 2.05. The summed E-state index contributed by atoms with van der Waals surface area (Å²) in [4.78, 5) is 0. The molecule has 0 aliphatic heterocycles. The summed E-state index contributed by atoms with van der Waals surface area (Å²) in [6.45, 7) is 2.17. The molecule has 3 aromatic rings. The van der Waals surface area contributed by atoms with Crippen molar-refractivity contribution < 1.29 is 0 Å². The SMILES string of the molecule is CC(Nc1cccc(-n2cccc2)c1)c1ccc(Br)cc1. The van der Waals surface area contributed by atoms with Crippen molar-refractivity contribution >= 4 is 21.6 Å². The van der Waals surface area contributed by atoms with Crippen LogP contribution >= 0.6 is 15.9 Å². The second kappa shape index (κ2) is 6.19. The van der Waals surface area contributed by atoms with Crippen molar-refractivity contribution in [2.24, 2.45) is 0 Å². The standard InChI is InChI=1S/C18H17BrN2/c1-14(15-7-9-16(19)10-8-15)20-17-5-4-6-18(13-17)21-11-2-3-12-21/h2-14,20H,1H3. The van der Waals surface area contributed by atoms with E-state index >= 15 is 0 Å². The van der Waals surface area contributed by atoms with E-state index in [2.05, 4.69) is 93.7 Å². The van der Waals surface area contributed by atoms with Gasteiger partial charge in [-0.15, -0.1) is 0 Å². The number of nitrogens with zero attached hydrogens (tertiary/aromatic N) is 1. The van der Waals surface area contributed by atoms with Crippen LogP contribution in [-0.2, 0) is 0 Å². The summed E-state index contributed by atoms with van der Waals surface area (Å²) in [7, 11) is 0. The molecule has 0 saturated carbocycles. The Hall–Kier alpha value is -2.00. The van der Waals surface area contributed by atoms with E-state index in [-0.39, 0.29) is 6.04 Å². The van der Waals surface area contributed by atoms with E-state index in [1.807, 2.05) is 12.1 Å².